The van der Waals surface area contributed by atoms with E-state index in [1.54, 1.807) is 0 Å². The number of anilines is 1. The summed E-state index contributed by atoms with van der Waals surface area (Å²) in [6, 6.07) is 8.05. The van der Waals surface area contributed by atoms with Gasteiger partial charge in [-0.05, 0) is 57.9 Å². The maximum Gasteiger partial charge on any atom is 0.306 e. The summed E-state index contributed by atoms with van der Waals surface area (Å²) in [6.45, 7) is 9.69. The Bertz CT molecular complexity index is 595. The number of carbonyl (C=O) groups is 1. The van der Waals surface area contributed by atoms with Gasteiger partial charge < -0.3 is 15.2 Å². The standard InChI is InChI=1S/C24H40N2O3/c1-24(2,3)29-23(27)11-9-7-5-4-6-8-10-16-26-17-18-28-22(19-26)20-12-14-21(25)15-13-20/h12-15,22H,4-11,16-19,25H2,1-3H3/t22-/m0/s1. The van der Waals surface area contributed by atoms with E-state index in [9.17, 15) is 4.79 Å². The van der Waals surface area contributed by atoms with Crippen LogP contribution in [0.15, 0.2) is 24.3 Å². The van der Waals surface area contributed by atoms with E-state index in [0.29, 0.717) is 6.42 Å². The molecule has 5 nitrogen and oxygen atoms in total. The van der Waals surface area contributed by atoms with Gasteiger partial charge in [0.15, 0.2) is 0 Å². The highest BCUT2D eigenvalue weighted by Crippen LogP contribution is 2.23. The first-order valence-electron chi connectivity index (χ1n) is 11.2. The van der Waals surface area contributed by atoms with Crippen LogP contribution in [0.25, 0.3) is 0 Å². The molecule has 1 atom stereocenters. The molecular weight excluding hydrogens is 364 g/mol. The minimum absolute atomic E-state index is 0.0692. The highest BCUT2D eigenvalue weighted by atomic mass is 16.6. The molecule has 29 heavy (non-hydrogen) atoms. The second-order valence-electron chi connectivity index (χ2n) is 9.14. The Balaban J connectivity index is 1.48. The topological polar surface area (TPSA) is 64.8 Å². The van der Waals surface area contributed by atoms with Crippen LogP contribution in [0.5, 0.6) is 0 Å². The van der Waals surface area contributed by atoms with Crippen molar-refractivity contribution in [3.05, 3.63) is 29.8 Å². The summed E-state index contributed by atoms with van der Waals surface area (Å²) in [5.74, 6) is -0.0692. The summed E-state index contributed by atoms with van der Waals surface area (Å²) in [5, 5.41) is 0. The number of nitrogens with zero attached hydrogens (tertiary/aromatic N) is 1. The maximum absolute atomic E-state index is 11.7. The van der Waals surface area contributed by atoms with Gasteiger partial charge in [-0.3, -0.25) is 9.69 Å². The van der Waals surface area contributed by atoms with E-state index in [1.165, 1.54) is 37.7 Å². The Morgan fingerprint density at radius 2 is 1.69 bits per heavy atom. The van der Waals surface area contributed by atoms with Crippen LogP contribution in [0.4, 0.5) is 5.69 Å². The van der Waals surface area contributed by atoms with E-state index < -0.39 is 0 Å². The second-order valence-corrected chi connectivity index (χ2v) is 9.14. The molecule has 5 heteroatoms. The highest BCUT2D eigenvalue weighted by molar-refractivity contribution is 5.69. The predicted molar refractivity (Wildman–Crippen MR) is 119 cm³/mol. The maximum atomic E-state index is 11.7. The Kier molecular flexibility index (Phi) is 9.95. The van der Waals surface area contributed by atoms with Crippen LogP contribution in [-0.2, 0) is 14.3 Å². The monoisotopic (exact) mass is 404 g/mol. The third-order valence-electron chi connectivity index (χ3n) is 5.23. The van der Waals surface area contributed by atoms with E-state index in [1.807, 2.05) is 32.9 Å². The van der Waals surface area contributed by atoms with Crippen molar-refractivity contribution in [3.63, 3.8) is 0 Å². The van der Waals surface area contributed by atoms with Crippen molar-refractivity contribution < 1.29 is 14.3 Å². The molecule has 0 bridgehead atoms. The Hall–Kier alpha value is -1.59. The van der Waals surface area contributed by atoms with Gasteiger partial charge in [-0.25, -0.2) is 0 Å². The summed E-state index contributed by atoms with van der Waals surface area (Å²) < 4.78 is 11.3. The number of nitrogen functional groups attached to an aromatic ring is 1. The molecule has 1 heterocycles. The number of nitrogens with two attached hydrogens (primary N) is 1. The predicted octanol–water partition coefficient (Wildman–Crippen LogP) is 5.10. The quantitative estimate of drug-likeness (QED) is 0.316. The normalized spacial score (nSPS) is 18.0. The van der Waals surface area contributed by atoms with Gasteiger partial charge in [0.25, 0.3) is 0 Å². The summed E-state index contributed by atoms with van der Waals surface area (Å²) in [4.78, 5) is 14.2. The molecule has 0 spiro atoms. The van der Waals surface area contributed by atoms with Crippen LogP contribution in [-0.4, -0.2) is 42.7 Å². The van der Waals surface area contributed by atoms with Gasteiger partial charge in [0.2, 0.25) is 0 Å². The number of hydrogen-bond donors (Lipinski definition) is 1. The van der Waals surface area contributed by atoms with E-state index in [-0.39, 0.29) is 17.7 Å². The van der Waals surface area contributed by atoms with Gasteiger partial charge in [-0.1, -0.05) is 44.2 Å². The molecule has 1 aliphatic heterocycles. The number of carbonyl (C=O) groups excluding carboxylic acids is 1. The van der Waals surface area contributed by atoms with Gasteiger partial charge in [-0.2, -0.15) is 0 Å². The first kappa shape index (κ1) is 23.7. The van der Waals surface area contributed by atoms with E-state index >= 15 is 0 Å². The van der Waals surface area contributed by atoms with Gasteiger partial charge in [0.05, 0.1) is 12.7 Å². The molecule has 1 aromatic rings. The average molecular weight is 405 g/mol. The lowest BCUT2D eigenvalue weighted by atomic mass is 10.1. The lowest BCUT2D eigenvalue weighted by Crippen LogP contribution is -2.38. The number of benzene rings is 1. The Morgan fingerprint density at radius 1 is 1.07 bits per heavy atom. The summed E-state index contributed by atoms with van der Waals surface area (Å²) >= 11 is 0. The molecule has 1 saturated heterocycles. The number of morpholine rings is 1. The molecule has 0 unspecified atom stereocenters. The molecular formula is C24H40N2O3. The number of rotatable bonds is 11. The first-order chi connectivity index (χ1) is 13.8. The van der Waals surface area contributed by atoms with Crippen LogP contribution < -0.4 is 5.73 Å². The van der Waals surface area contributed by atoms with Gasteiger partial charge in [-0.15, -0.1) is 0 Å². The zero-order valence-corrected chi connectivity index (χ0v) is 18.6. The van der Waals surface area contributed by atoms with Crippen molar-refractivity contribution in [1.82, 2.24) is 4.90 Å². The third kappa shape index (κ3) is 10.1. The molecule has 1 aliphatic rings. The van der Waals surface area contributed by atoms with E-state index in [2.05, 4.69) is 17.0 Å². The largest absolute Gasteiger partial charge is 0.460 e. The summed E-state index contributed by atoms with van der Waals surface area (Å²) in [6.07, 6.45) is 9.02. The molecule has 164 valence electrons. The fourth-order valence-electron chi connectivity index (χ4n) is 3.70. The first-order valence-corrected chi connectivity index (χ1v) is 11.2. The fourth-order valence-corrected chi connectivity index (χ4v) is 3.70. The SMILES string of the molecule is CC(C)(C)OC(=O)CCCCCCCCCN1CCO[C@H](c2ccc(N)cc2)C1. The van der Waals surface area contributed by atoms with E-state index in [4.69, 9.17) is 15.2 Å². The lowest BCUT2D eigenvalue weighted by molar-refractivity contribution is -0.154. The summed E-state index contributed by atoms with van der Waals surface area (Å²) in [7, 11) is 0. The Morgan fingerprint density at radius 3 is 2.34 bits per heavy atom. The van der Waals surface area contributed by atoms with Crippen molar-refractivity contribution >= 4 is 11.7 Å². The molecule has 0 saturated carbocycles. The molecule has 2 rings (SSSR count). The fraction of sp³-hybridized carbons (Fsp3) is 0.708. The lowest BCUT2D eigenvalue weighted by Gasteiger charge is -2.33. The van der Waals surface area contributed by atoms with Gasteiger partial charge >= 0.3 is 5.97 Å². The van der Waals surface area contributed by atoms with Crippen molar-refractivity contribution in [2.24, 2.45) is 0 Å². The number of ether oxygens (including phenoxy) is 2. The summed E-state index contributed by atoms with van der Waals surface area (Å²) in [5.41, 5.74) is 7.43. The van der Waals surface area contributed by atoms with Crippen LogP contribution in [0.2, 0.25) is 0 Å². The molecule has 0 amide bonds. The van der Waals surface area contributed by atoms with Crippen LogP contribution >= 0.6 is 0 Å². The number of hydrogen-bond acceptors (Lipinski definition) is 5. The molecule has 1 fully saturated rings. The second kappa shape index (κ2) is 12.2. The smallest absolute Gasteiger partial charge is 0.306 e. The van der Waals surface area contributed by atoms with Gasteiger partial charge in [0, 0.05) is 25.2 Å². The Labute approximate surface area is 176 Å². The molecule has 2 N–H and O–H groups in total. The van der Waals surface area contributed by atoms with Crippen LogP contribution in [0, 0.1) is 0 Å². The zero-order chi connectivity index (χ0) is 21.1. The van der Waals surface area contributed by atoms with Crippen molar-refractivity contribution in [3.8, 4) is 0 Å². The van der Waals surface area contributed by atoms with Crippen molar-refractivity contribution in [1.29, 1.82) is 0 Å². The number of esters is 1. The van der Waals surface area contributed by atoms with E-state index in [0.717, 1.165) is 44.8 Å². The minimum Gasteiger partial charge on any atom is -0.460 e. The van der Waals surface area contributed by atoms with Crippen molar-refractivity contribution in [2.75, 3.05) is 32.0 Å². The molecule has 0 aliphatic carbocycles. The molecule has 0 aromatic heterocycles. The highest BCUT2D eigenvalue weighted by Gasteiger charge is 2.21. The number of unbranched alkanes of at least 4 members (excludes halogenated alkanes) is 6. The van der Waals surface area contributed by atoms with Crippen LogP contribution in [0.3, 0.4) is 0 Å². The van der Waals surface area contributed by atoms with Crippen molar-refractivity contribution in [2.45, 2.75) is 83.8 Å². The molecule has 1 aromatic carbocycles. The minimum atomic E-state index is -0.368. The van der Waals surface area contributed by atoms with Gasteiger partial charge in [0.1, 0.15) is 5.60 Å². The average Bonchev–Trinajstić information content (AvgIpc) is 2.66. The molecule has 0 radical (unpaired) electrons. The van der Waals surface area contributed by atoms with Crippen LogP contribution in [0.1, 0.15) is 83.8 Å². The third-order valence-corrected chi connectivity index (χ3v) is 5.23. The zero-order valence-electron chi connectivity index (χ0n) is 18.6.